The molecule has 0 radical (unpaired) electrons. The van der Waals surface area contributed by atoms with Crippen molar-refractivity contribution in [2.75, 3.05) is 18.1 Å². The molecule has 0 spiro atoms. The third kappa shape index (κ3) is 5.75. The Morgan fingerprint density at radius 1 is 0.929 bits per heavy atom. The van der Waals surface area contributed by atoms with Gasteiger partial charge in [-0.3, -0.25) is 4.90 Å². The van der Waals surface area contributed by atoms with Gasteiger partial charge in [-0.25, -0.2) is 0 Å². The molecule has 28 heavy (non-hydrogen) atoms. The molecule has 152 valence electrons. The third-order valence-corrected chi connectivity index (χ3v) is 7.59. The topological polar surface area (TPSA) is 41.3 Å². The largest absolute Gasteiger partial charge is 0.398 e. The number of benzene rings is 2. The molecule has 0 saturated heterocycles. The van der Waals surface area contributed by atoms with Crippen molar-refractivity contribution in [3.63, 3.8) is 0 Å². The second-order valence-electron chi connectivity index (χ2n) is 7.44. The Kier molecular flexibility index (Phi) is 8.31. The van der Waals surface area contributed by atoms with Crippen LogP contribution in [0.15, 0.2) is 42.2 Å². The van der Waals surface area contributed by atoms with Crippen LogP contribution in [0.5, 0.6) is 0 Å². The van der Waals surface area contributed by atoms with Crippen LogP contribution in [0.1, 0.15) is 43.2 Å². The van der Waals surface area contributed by atoms with E-state index in [1.165, 1.54) is 37.7 Å². The minimum atomic E-state index is 0.657. The van der Waals surface area contributed by atoms with Crippen LogP contribution in [0.3, 0.4) is 0 Å². The van der Waals surface area contributed by atoms with Gasteiger partial charge in [-0.1, -0.05) is 51.1 Å². The van der Waals surface area contributed by atoms with Gasteiger partial charge < -0.3 is 11.1 Å². The first-order valence-electron chi connectivity index (χ1n) is 9.50. The summed E-state index contributed by atoms with van der Waals surface area (Å²) in [5.41, 5.74) is 10.5. The summed E-state index contributed by atoms with van der Waals surface area (Å²) in [6.07, 6.45) is 6.68. The van der Waals surface area contributed by atoms with E-state index in [-0.39, 0.29) is 0 Å². The van der Waals surface area contributed by atoms with E-state index in [1.807, 2.05) is 6.07 Å². The fraction of sp³-hybridized carbons (Fsp3) is 0.429. The maximum atomic E-state index is 6.26. The van der Waals surface area contributed by atoms with Gasteiger partial charge in [-0.2, -0.15) is 0 Å². The molecule has 1 fully saturated rings. The van der Waals surface area contributed by atoms with Crippen LogP contribution in [0.4, 0.5) is 11.4 Å². The van der Waals surface area contributed by atoms with E-state index in [0.717, 1.165) is 41.4 Å². The van der Waals surface area contributed by atoms with Crippen LogP contribution < -0.4 is 11.1 Å². The first-order valence-corrected chi connectivity index (χ1v) is 12.7. The molecule has 0 unspecified atom stereocenters. The zero-order valence-electron chi connectivity index (χ0n) is 15.9. The Morgan fingerprint density at radius 2 is 1.54 bits per heavy atom. The molecule has 0 aromatic heterocycles. The molecule has 0 amide bonds. The molecular weight excluding hydrogens is 614 g/mol. The predicted octanol–water partition coefficient (Wildman–Crippen LogP) is 7.70. The number of halogens is 4. The zero-order chi connectivity index (χ0) is 20.3. The van der Waals surface area contributed by atoms with Gasteiger partial charge in [-0.15, -0.1) is 0 Å². The number of rotatable bonds is 6. The van der Waals surface area contributed by atoms with E-state index in [1.54, 1.807) is 0 Å². The van der Waals surface area contributed by atoms with Gasteiger partial charge in [0.05, 0.1) is 11.4 Å². The Bertz CT molecular complexity index is 835. The number of nitrogen functional groups attached to an aromatic ring is 1. The molecule has 3 nitrogen and oxygen atoms in total. The second kappa shape index (κ2) is 10.3. The first-order chi connectivity index (χ1) is 13.3. The van der Waals surface area contributed by atoms with Crippen LogP contribution in [0, 0.1) is 0 Å². The van der Waals surface area contributed by atoms with Crippen molar-refractivity contribution in [1.29, 1.82) is 0 Å². The molecule has 0 atom stereocenters. The molecule has 7 heteroatoms. The molecule has 0 heterocycles. The molecule has 3 N–H and O–H groups in total. The van der Waals surface area contributed by atoms with Crippen molar-refractivity contribution < 1.29 is 0 Å². The van der Waals surface area contributed by atoms with Gasteiger partial charge in [0.1, 0.15) is 0 Å². The van der Waals surface area contributed by atoms with Gasteiger partial charge >= 0.3 is 0 Å². The lowest BCUT2D eigenvalue weighted by Gasteiger charge is -2.32. The summed E-state index contributed by atoms with van der Waals surface area (Å²) < 4.78 is 4.06. The summed E-state index contributed by atoms with van der Waals surface area (Å²) in [5.74, 6) is 0. The molecule has 2 aromatic rings. The molecule has 1 aliphatic carbocycles. The van der Waals surface area contributed by atoms with Crippen LogP contribution >= 0.6 is 63.7 Å². The standard InChI is InChI=1S/C21H25Br4N3/c1-28(17-5-3-2-4-6-17)12-14-8-16(23)10-19(25)21(14)27-11-13-7-15(22)9-18(24)20(13)26/h7-10,17,27H,2-6,11-12,26H2,1H3. The summed E-state index contributed by atoms with van der Waals surface area (Å²) in [6, 6.07) is 9.02. The lowest BCUT2D eigenvalue weighted by atomic mass is 9.94. The molecule has 3 rings (SSSR count). The van der Waals surface area contributed by atoms with E-state index < -0.39 is 0 Å². The summed E-state index contributed by atoms with van der Waals surface area (Å²) in [7, 11) is 2.25. The fourth-order valence-electron chi connectivity index (χ4n) is 3.84. The van der Waals surface area contributed by atoms with E-state index in [0.29, 0.717) is 12.6 Å². The Balaban J connectivity index is 1.80. The smallest absolute Gasteiger partial charge is 0.0533 e. The first kappa shape index (κ1) is 22.6. The second-order valence-corrected chi connectivity index (χ2v) is 11.0. The lowest BCUT2D eigenvalue weighted by molar-refractivity contribution is 0.185. The summed E-state index contributed by atoms with van der Waals surface area (Å²) in [5, 5.41) is 3.61. The van der Waals surface area contributed by atoms with Crippen molar-refractivity contribution in [3.05, 3.63) is 53.3 Å². The number of nitrogens with zero attached hydrogens (tertiary/aromatic N) is 1. The number of nitrogens with one attached hydrogen (secondary N) is 1. The monoisotopic (exact) mass is 635 g/mol. The number of hydrogen-bond acceptors (Lipinski definition) is 3. The summed E-state index contributed by atoms with van der Waals surface area (Å²) in [6.45, 7) is 1.58. The summed E-state index contributed by atoms with van der Waals surface area (Å²) >= 11 is 14.5. The fourth-order valence-corrected chi connectivity index (χ4v) is 6.60. The number of nitrogens with two attached hydrogens (primary N) is 1. The molecular formula is C21H25Br4N3. The molecule has 0 aliphatic heterocycles. The van der Waals surface area contributed by atoms with Gasteiger partial charge in [0.25, 0.3) is 0 Å². The van der Waals surface area contributed by atoms with Crippen LogP contribution in [-0.2, 0) is 13.1 Å². The lowest BCUT2D eigenvalue weighted by Crippen LogP contribution is -2.33. The maximum absolute atomic E-state index is 6.26. The van der Waals surface area contributed by atoms with Crippen molar-refractivity contribution >= 4 is 75.1 Å². The minimum absolute atomic E-state index is 0.657. The van der Waals surface area contributed by atoms with Gasteiger partial charge in [0.15, 0.2) is 0 Å². The molecule has 1 saturated carbocycles. The SMILES string of the molecule is CN(Cc1cc(Br)cc(Br)c1NCc1cc(Br)cc(Br)c1N)C1CCCCC1. The predicted molar refractivity (Wildman–Crippen MR) is 134 cm³/mol. The highest BCUT2D eigenvalue weighted by molar-refractivity contribution is 9.11. The van der Waals surface area contributed by atoms with Crippen molar-refractivity contribution in [3.8, 4) is 0 Å². The van der Waals surface area contributed by atoms with Crippen molar-refractivity contribution in [2.45, 2.75) is 51.2 Å². The van der Waals surface area contributed by atoms with Gasteiger partial charge in [-0.05, 0) is 87.1 Å². The molecule has 1 aliphatic rings. The quantitative estimate of drug-likeness (QED) is 0.319. The Hall–Kier alpha value is -0.0800. The highest BCUT2D eigenvalue weighted by atomic mass is 79.9. The highest BCUT2D eigenvalue weighted by Crippen LogP contribution is 2.34. The summed E-state index contributed by atoms with van der Waals surface area (Å²) in [4.78, 5) is 2.50. The Morgan fingerprint density at radius 3 is 2.21 bits per heavy atom. The van der Waals surface area contributed by atoms with Crippen molar-refractivity contribution in [1.82, 2.24) is 4.90 Å². The third-order valence-electron chi connectivity index (χ3n) is 5.39. The van der Waals surface area contributed by atoms with Crippen LogP contribution in [-0.4, -0.2) is 18.0 Å². The van der Waals surface area contributed by atoms with Crippen LogP contribution in [0.25, 0.3) is 0 Å². The minimum Gasteiger partial charge on any atom is -0.398 e. The normalized spacial score (nSPS) is 15.2. The number of anilines is 2. The zero-order valence-corrected chi connectivity index (χ0v) is 22.2. The van der Waals surface area contributed by atoms with Gasteiger partial charge in [0, 0.05) is 37.0 Å². The van der Waals surface area contributed by atoms with E-state index in [9.17, 15) is 0 Å². The van der Waals surface area contributed by atoms with Crippen LogP contribution in [0.2, 0.25) is 0 Å². The highest BCUT2D eigenvalue weighted by Gasteiger charge is 2.20. The van der Waals surface area contributed by atoms with E-state index in [2.05, 4.69) is 99.2 Å². The van der Waals surface area contributed by atoms with Crippen molar-refractivity contribution in [2.24, 2.45) is 0 Å². The van der Waals surface area contributed by atoms with E-state index >= 15 is 0 Å². The average molecular weight is 639 g/mol. The maximum Gasteiger partial charge on any atom is 0.0533 e. The number of hydrogen-bond donors (Lipinski definition) is 2. The van der Waals surface area contributed by atoms with E-state index in [4.69, 9.17) is 5.73 Å². The molecule has 0 bridgehead atoms. The average Bonchev–Trinajstić information content (AvgIpc) is 2.65. The van der Waals surface area contributed by atoms with Gasteiger partial charge in [0.2, 0.25) is 0 Å². The Labute approximate surface area is 201 Å². The molecule has 2 aromatic carbocycles.